The predicted molar refractivity (Wildman–Crippen MR) is 45.2 cm³/mol. The van der Waals surface area contributed by atoms with Crippen LogP contribution >= 0.6 is 0 Å². The first-order chi connectivity index (χ1) is 4.72. The van der Waals surface area contributed by atoms with Gasteiger partial charge in [-0.15, -0.1) is 0 Å². The first kappa shape index (κ1) is 17.1. The van der Waals surface area contributed by atoms with E-state index in [2.05, 4.69) is 20.1 Å². The zero-order valence-corrected chi connectivity index (χ0v) is 7.99. The van der Waals surface area contributed by atoms with Gasteiger partial charge in [-0.05, 0) is 0 Å². The van der Waals surface area contributed by atoms with E-state index < -0.39 is 0 Å². The first-order valence-corrected chi connectivity index (χ1v) is 3.45. The second-order valence-corrected chi connectivity index (χ2v) is 2.14. The van der Waals surface area contributed by atoms with Crippen LogP contribution in [0.5, 0.6) is 0 Å². The van der Waals surface area contributed by atoms with E-state index in [1.807, 2.05) is 6.21 Å². The van der Waals surface area contributed by atoms with Crippen LogP contribution in [-0.2, 0) is 0 Å². The van der Waals surface area contributed by atoms with Crippen LogP contribution < -0.4 is 18.9 Å². The van der Waals surface area contributed by atoms with Crippen LogP contribution in [0.15, 0.2) is 0 Å². The Hall–Kier alpha value is -0.0626. The van der Waals surface area contributed by atoms with Crippen molar-refractivity contribution >= 4 is 12.4 Å². The Morgan fingerprint density at radius 1 is 1.36 bits per heavy atom. The summed E-state index contributed by atoms with van der Waals surface area (Å²) < 4.78 is 0. The van der Waals surface area contributed by atoms with Crippen LogP contribution in [0.4, 0.5) is 0 Å². The van der Waals surface area contributed by atoms with Crippen LogP contribution in [-0.4, -0.2) is 12.4 Å². The molecule has 11 heavy (non-hydrogen) atoms. The predicted octanol–water partition coefficient (Wildman–Crippen LogP) is -0.514. The molecule has 2 N–H and O–H groups in total. The summed E-state index contributed by atoms with van der Waals surface area (Å²) in [6.45, 7) is 5.80. The van der Waals surface area contributed by atoms with Crippen molar-refractivity contribution in [3.63, 3.8) is 0 Å². The largest absolute Gasteiger partial charge is 1.00 e. The molecule has 1 atom stereocenters. The molecule has 0 radical (unpaired) electrons. The molecule has 3 heteroatoms. The summed E-state index contributed by atoms with van der Waals surface area (Å²) >= 11 is 0. The molecule has 0 aliphatic carbocycles. The average Bonchev–Trinajstić information content (AvgIpc) is 1.90. The summed E-state index contributed by atoms with van der Waals surface area (Å²) in [5.41, 5.74) is 0. The molecule has 0 saturated carbocycles. The van der Waals surface area contributed by atoms with Gasteiger partial charge in [0.25, 0.3) is 0 Å². The molecule has 0 spiro atoms. The molecule has 0 unspecified atom stereocenters. The molecule has 0 aromatic carbocycles. The van der Waals surface area contributed by atoms with E-state index in [-0.39, 0.29) is 18.9 Å². The maximum atomic E-state index is 6.59. The molecule has 0 rings (SSSR count). The Balaban J connectivity index is -0.000000140. The molecular formula is C8H16LiN2-. The topological polar surface area (TPSA) is 47.7 Å². The smallest absolute Gasteiger partial charge is 0.519 e. The SMILES string of the molecule is CC[C@H](C)C[C-]=N.C[C-]=N.[Li+]. The van der Waals surface area contributed by atoms with Gasteiger partial charge in [-0.25, -0.2) is 0 Å². The van der Waals surface area contributed by atoms with Gasteiger partial charge in [-0.2, -0.15) is 13.3 Å². The second-order valence-electron chi connectivity index (χ2n) is 2.14. The van der Waals surface area contributed by atoms with E-state index in [1.165, 1.54) is 0 Å². The minimum absolute atomic E-state index is 0. The molecule has 0 aliphatic rings. The van der Waals surface area contributed by atoms with Crippen LogP contribution in [0.25, 0.3) is 0 Å². The Morgan fingerprint density at radius 2 is 1.73 bits per heavy atom. The molecular weight excluding hydrogens is 131 g/mol. The van der Waals surface area contributed by atoms with Gasteiger partial charge in [0.1, 0.15) is 0 Å². The monoisotopic (exact) mass is 147 g/mol. The van der Waals surface area contributed by atoms with Gasteiger partial charge in [0.2, 0.25) is 0 Å². The van der Waals surface area contributed by atoms with E-state index in [9.17, 15) is 0 Å². The number of rotatable bonds is 3. The summed E-state index contributed by atoms with van der Waals surface area (Å²) in [6.07, 6.45) is 6.34. The maximum absolute atomic E-state index is 6.59. The third-order valence-electron chi connectivity index (χ3n) is 1.15. The molecule has 0 amide bonds. The molecule has 0 aromatic heterocycles. The van der Waals surface area contributed by atoms with E-state index in [1.54, 1.807) is 6.92 Å². The van der Waals surface area contributed by atoms with Gasteiger partial charge >= 0.3 is 18.9 Å². The summed E-state index contributed by atoms with van der Waals surface area (Å²) in [6, 6.07) is 0. The summed E-state index contributed by atoms with van der Waals surface area (Å²) in [7, 11) is 0. The van der Waals surface area contributed by atoms with E-state index in [0.717, 1.165) is 12.8 Å². The number of hydrogen-bond donors (Lipinski definition) is 2. The fourth-order valence-electron chi connectivity index (χ4n) is 0.319. The van der Waals surface area contributed by atoms with Crippen molar-refractivity contribution in [2.45, 2.75) is 33.6 Å². The molecule has 0 fully saturated rings. The molecule has 60 valence electrons. The fourth-order valence-corrected chi connectivity index (χ4v) is 0.319. The zero-order valence-electron chi connectivity index (χ0n) is 7.99. The van der Waals surface area contributed by atoms with Gasteiger partial charge in [-0.3, -0.25) is 0 Å². The Morgan fingerprint density at radius 3 is 1.82 bits per heavy atom. The normalized spacial score (nSPS) is 9.73. The minimum atomic E-state index is 0. The van der Waals surface area contributed by atoms with Crippen molar-refractivity contribution < 1.29 is 18.9 Å². The van der Waals surface area contributed by atoms with Gasteiger partial charge in [0.05, 0.1) is 0 Å². The van der Waals surface area contributed by atoms with E-state index >= 15 is 0 Å². The minimum Gasteiger partial charge on any atom is -0.519 e. The van der Waals surface area contributed by atoms with Gasteiger partial charge < -0.3 is 23.2 Å². The Bertz CT molecular complexity index is 84.2. The number of nitrogens with one attached hydrogen (secondary N) is 2. The van der Waals surface area contributed by atoms with E-state index in [4.69, 9.17) is 10.8 Å². The quantitative estimate of drug-likeness (QED) is 0.307. The summed E-state index contributed by atoms with van der Waals surface area (Å²) in [4.78, 5) is 0. The fraction of sp³-hybridized carbons (Fsp3) is 0.750. The van der Waals surface area contributed by atoms with Crippen LogP contribution in [0.1, 0.15) is 33.6 Å². The van der Waals surface area contributed by atoms with Crippen molar-refractivity contribution in [2.75, 3.05) is 0 Å². The third kappa shape index (κ3) is 25.7. The first-order valence-electron chi connectivity index (χ1n) is 3.45. The Kier molecular flexibility index (Phi) is 25.7. The van der Waals surface area contributed by atoms with Crippen molar-refractivity contribution in [3.8, 4) is 0 Å². The maximum Gasteiger partial charge on any atom is 1.00 e. The summed E-state index contributed by atoms with van der Waals surface area (Å²) in [5, 5.41) is 12.5. The average molecular weight is 147 g/mol. The summed E-state index contributed by atoms with van der Waals surface area (Å²) in [5.74, 6) is 0.650. The third-order valence-corrected chi connectivity index (χ3v) is 1.15. The van der Waals surface area contributed by atoms with Gasteiger partial charge in [-0.1, -0.05) is 26.2 Å². The van der Waals surface area contributed by atoms with Crippen LogP contribution in [0.3, 0.4) is 0 Å². The molecule has 0 aliphatic heterocycles. The molecule has 0 aromatic rings. The Labute approximate surface area is 82.0 Å². The number of hydrogen-bond acceptors (Lipinski definition) is 2. The van der Waals surface area contributed by atoms with Crippen LogP contribution in [0, 0.1) is 16.7 Å². The zero-order chi connectivity index (χ0) is 8.41. The molecule has 2 nitrogen and oxygen atoms in total. The molecule has 0 saturated heterocycles. The van der Waals surface area contributed by atoms with Crippen molar-refractivity contribution in [1.82, 2.24) is 0 Å². The van der Waals surface area contributed by atoms with Gasteiger partial charge in [0, 0.05) is 0 Å². The van der Waals surface area contributed by atoms with Gasteiger partial charge in [0.15, 0.2) is 0 Å². The van der Waals surface area contributed by atoms with Crippen LogP contribution in [0.2, 0.25) is 0 Å². The van der Waals surface area contributed by atoms with Crippen molar-refractivity contribution in [3.05, 3.63) is 0 Å². The standard InChI is InChI=1S/C6H12N.C2H4N.Li/c1-3-6(2)4-5-7;1-2-3;/h6-7H,3-4H2,1-2H3;3H,1H3;/q2*-1;+1/t6-;;/m0../s1. The molecule has 0 heterocycles. The van der Waals surface area contributed by atoms with Crippen molar-refractivity contribution in [1.29, 1.82) is 10.8 Å². The molecule has 0 bridgehead atoms. The van der Waals surface area contributed by atoms with Crippen molar-refractivity contribution in [2.24, 2.45) is 5.92 Å². The van der Waals surface area contributed by atoms with E-state index in [0.29, 0.717) is 5.92 Å². The second kappa shape index (κ2) is 16.5.